The van der Waals surface area contributed by atoms with Gasteiger partial charge in [-0.3, -0.25) is 0 Å². The number of methoxy groups -OCH3 is 1. The summed E-state index contributed by atoms with van der Waals surface area (Å²) in [6, 6.07) is 0. The second kappa shape index (κ2) is 3.68. The molecule has 1 heterocycles. The zero-order valence-corrected chi connectivity index (χ0v) is 7.04. The first-order chi connectivity index (χ1) is 5.57. The second-order valence-corrected chi connectivity index (χ2v) is 2.92. The Morgan fingerprint density at radius 2 is 1.67 bits per heavy atom. The summed E-state index contributed by atoms with van der Waals surface area (Å²) in [5, 5.41) is 27.8. The Bertz CT molecular complexity index is 146. The first kappa shape index (κ1) is 9.88. The molecule has 5 heteroatoms. The Kier molecular flexibility index (Phi) is 3.03. The maximum atomic E-state index is 9.27. The fourth-order valence-corrected chi connectivity index (χ4v) is 1.21. The molecule has 3 N–H and O–H groups in total. The lowest BCUT2D eigenvalue weighted by Crippen LogP contribution is -2.57. The van der Waals surface area contributed by atoms with E-state index in [-0.39, 0.29) is 0 Å². The number of aliphatic hydroxyl groups excluding tert-OH is 3. The van der Waals surface area contributed by atoms with E-state index in [0.717, 1.165) is 0 Å². The summed E-state index contributed by atoms with van der Waals surface area (Å²) in [6.07, 6.45) is -4.86. The molecule has 0 unspecified atom stereocenters. The molecule has 0 radical (unpaired) electrons. The van der Waals surface area contributed by atoms with Crippen LogP contribution in [0, 0.1) is 0 Å². The van der Waals surface area contributed by atoms with E-state index in [1.165, 1.54) is 7.11 Å². The Balaban J connectivity index is 2.63. The van der Waals surface area contributed by atoms with E-state index in [1.54, 1.807) is 6.92 Å². The quantitative estimate of drug-likeness (QED) is 0.453. The third-order valence-electron chi connectivity index (χ3n) is 2.04. The topological polar surface area (TPSA) is 79.2 Å². The molecule has 12 heavy (non-hydrogen) atoms. The van der Waals surface area contributed by atoms with Crippen molar-refractivity contribution >= 4 is 0 Å². The number of ether oxygens (including phenoxy) is 2. The van der Waals surface area contributed by atoms with E-state index >= 15 is 0 Å². The van der Waals surface area contributed by atoms with Crippen molar-refractivity contribution in [1.29, 1.82) is 0 Å². The standard InChI is InChI=1S/C7H14O5/c1-3-4(8)5(9)6(10)7(11-2)12-3/h3-10H,1-2H3/t3-,4-,5+,6-,7+/m1/s1. The summed E-state index contributed by atoms with van der Waals surface area (Å²) >= 11 is 0. The van der Waals surface area contributed by atoms with E-state index in [9.17, 15) is 15.3 Å². The molecule has 1 rings (SSSR count). The average molecular weight is 178 g/mol. The van der Waals surface area contributed by atoms with Crippen LogP contribution in [0.5, 0.6) is 0 Å². The van der Waals surface area contributed by atoms with Gasteiger partial charge >= 0.3 is 0 Å². The second-order valence-electron chi connectivity index (χ2n) is 2.92. The summed E-state index contributed by atoms with van der Waals surface area (Å²) in [6.45, 7) is 1.60. The number of rotatable bonds is 1. The molecular formula is C7H14O5. The molecule has 0 saturated carbocycles. The molecule has 72 valence electrons. The van der Waals surface area contributed by atoms with Crippen molar-refractivity contribution in [3.8, 4) is 0 Å². The molecule has 5 nitrogen and oxygen atoms in total. The zero-order chi connectivity index (χ0) is 9.30. The minimum Gasteiger partial charge on any atom is -0.388 e. The van der Waals surface area contributed by atoms with Gasteiger partial charge in [-0.25, -0.2) is 0 Å². The molecule has 0 aromatic rings. The van der Waals surface area contributed by atoms with Crippen LogP contribution in [-0.2, 0) is 9.47 Å². The molecular weight excluding hydrogens is 164 g/mol. The van der Waals surface area contributed by atoms with E-state index < -0.39 is 30.7 Å². The lowest BCUT2D eigenvalue weighted by Gasteiger charge is -2.38. The van der Waals surface area contributed by atoms with E-state index in [4.69, 9.17) is 9.47 Å². The fraction of sp³-hybridized carbons (Fsp3) is 1.00. The largest absolute Gasteiger partial charge is 0.388 e. The summed E-state index contributed by atoms with van der Waals surface area (Å²) in [5.41, 5.74) is 0. The first-order valence-corrected chi connectivity index (χ1v) is 3.80. The number of hydrogen-bond donors (Lipinski definition) is 3. The Morgan fingerprint density at radius 1 is 1.08 bits per heavy atom. The van der Waals surface area contributed by atoms with Crippen LogP contribution in [0.3, 0.4) is 0 Å². The van der Waals surface area contributed by atoms with Gasteiger partial charge in [-0.05, 0) is 6.92 Å². The van der Waals surface area contributed by atoms with Gasteiger partial charge in [0.05, 0.1) is 6.10 Å². The van der Waals surface area contributed by atoms with Gasteiger partial charge in [0, 0.05) is 7.11 Å². The van der Waals surface area contributed by atoms with Gasteiger partial charge < -0.3 is 24.8 Å². The Labute approximate surface area is 70.5 Å². The van der Waals surface area contributed by atoms with Crippen LogP contribution in [0.2, 0.25) is 0 Å². The number of aliphatic hydroxyl groups is 3. The van der Waals surface area contributed by atoms with E-state index in [2.05, 4.69) is 0 Å². The summed E-state index contributed by atoms with van der Waals surface area (Å²) in [4.78, 5) is 0. The molecule has 5 atom stereocenters. The van der Waals surface area contributed by atoms with Crippen molar-refractivity contribution in [1.82, 2.24) is 0 Å². The lowest BCUT2D eigenvalue weighted by molar-refractivity contribution is -0.286. The van der Waals surface area contributed by atoms with Gasteiger partial charge in [-0.1, -0.05) is 0 Å². The van der Waals surface area contributed by atoms with E-state index in [0.29, 0.717) is 0 Å². The first-order valence-electron chi connectivity index (χ1n) is 3.80. The normalized spacial score (nSPS) is 49.2. The van der Waals surface area contributed by atoms with Crippen LogP contribution >= 0.6 is 0 Å². The van der Waals surface area contributed by atoms with Crippen molar-refractivity contribution in [2.24, 2.45) is 0 Å². The minimum atomic E-state index is -1.21. The molecule has 0 aromatic carbocycles. The molecule has 1 fully saturated rings. The van der Waals surface area contributed by atoms with Gasteiger partial charge in [0.1, 0.15) is 18.3 Å². The third kappa shape index (κ3) is 1.60. The highest BCUT2D eigenvalue weighted by molar-refractivity contribution is 4.86. The Morgan fingerprint density at radius 3 is 2.17 bits per heavy atom. The molecule has 0 spiro atoms. The summed E-state index contributed by atoms with van der Waals surface area (Å²) in [5.74, 6) is 0. The summed E-state index contributed by atoms with van der Waals surface area (Å²) < 4.78 is 9.80. The smallest absolute Gasteiger partial charge is 0.186 e. The molecule has 1 aliphatic rings. The minimum absolute atomic E-state index is 0.534. The van der Waals surface area contributed by atoms with E-state index in [1.807, 2.05) is 0 Å². The maximum absolute atomic E-state index is 9.27. The molecule has 0 bridgehead atoms. The van der Waals surface area contributed by atoms with Gasteiger partial charge in [0.15, 0.2) is 6.29 Å². The predicted molar refractivity (Wildman–Crippen MR) is 39.4 cm³/mol. The van der Waals surface area contributed by atoms with Crippen molar-refractivity contribution in [2.75, 3.05) is 7.11 Å². The molecule has 1 saturated heterocycles. The van der Waals surface area contributed by atoms with Crippen molar-refractivity contribution < 1.29 is 24.8 Å². The van der Waals surface area contributed by atoms with Gasteiger partial charge in [0.2, 0.25) is 0 Å². The van der Waals surface area contributed by atoms with Crippen LogP contribution in [0.1, 0.15) is 6.92 Å². The van der Waals surface area contributed by atoms with Crippen molar-refractivity contribution in [2.45, 2.75) is 37.6 Å². The number of hydrogen-bond acceptors (Lipinski definition) is 5. The van der Waals surface area contributed by atoms with Crippen LogP contribution in [0.25, 0.3) is 0 Å². The molecule has 0 aliphatic carbocycles. The molecule has 1 aliphatic heterocycles. The highest BCUT2D eigenvalue weighted by Crippen LogP contribution is 2.20. The molecule has 0 aromatic heterocycles. The third-order valence-corrected chi connectivity index (χ3v) is 2.04. The highest BCUT2D eigenvalue weighted by atomic mass is 16.7. The predicted octanol–water partition coefficient (Wildman–Crippen LogP) is -1.54. The fourth-order valence-electron chi connectivity index (χ4n) is 1.21. The average Bonchev–Trinajstić information content (AvgIpc) is 2.08. The SMILES string of the molecule is CO[C@H]1O[C@H](C)[C@@H](O)[C@H](O)[C@H]1O. The van der Waals surface area contributed by atoms with Gasteiger partial charge in [-0.15, -0.1) is 0 Å². The lowest BCUT2D eigenvalue weighted by atomic mass is 10.0. The molecule has 0 amide bonds. The van der Waals surface area contributed by atoms with Gasteiger partial charge in [-0.2, -0.15) is 0 Å². The van der Waals surface area contributed by atoms with Crippen LogP contribution in [0.15, 0.2) is 0 Å². The monoisotopic (exact) mass is 178 g/mol. The Hall–Kier alpha value is -0.200. The zero-order valence-electron chi connectivity index (χ0n) is 7.04. The van der Waals surface area contributed by atoms with Gasteiger partial charge in [0.25, 0.3) is 0 Å². The summed E-state index contributed by atoms with van der Waals surface area (Å²) in [7, 11) is 1.37. The van der Waals surface area contributed by atoms with Crippen molar-refractivity contribution in [3.05, 3.63) is 0 Å². The highest BCUT2D eigenvalue weighted by Gasteiger charge is 2.41. The van der Waals surface area contributed by atoms with Crippen molar-refractivity contribution in [3.63, 3.8) is 0 Å². The van der Waals surface area contributed by atoms with Crippen LogP contribution in [0.4, 0.5) is 0 Å². The van der Waals surface area contributed by atoms with Crippen LogP contribution in [-0.4, -0.2) is 53.1 Å². The maximum Gasteiger partial charge on any atom is 0.186 e. The van der Waals surface area contributed by atoms with Crippen LogP contribution < -0.4 is 0 Å².